The Hall–Kier alpha value is -0.810. The predicted molar refractivity (Wildman–Crippen MR) is 109 cm³/mol. The lowest BCUT2D eigenvalue weighted by molar-refractivity contribution is -0.131. The lowest BCUT2D eigenvalue weighted by Gasteiger charge is -2.44. The van der Waals surface area contributed by atoms with Crippen LogP contribution in [-0.4, -0.2) is 81.7 Å². The molecule has 8 nitrogen and oxygen atoms in total. The van der Waals surface area contributed by atoms with Gasteiger partial charge in [0.2, 0.25) is 0 Å². The number of hydrogen-bond acceptors (Lipinski definition) is 8. The van der Waals surface area contributed by atoms with Crippen LogP contribution in [0.5, 0.6) is 0 Å². The van der Waals surface area contributed by atoms with Crippen molar-refractivity contribution in [2.75, 3.05) is 20.3 Å². The van der Waals surface area contributed by atoms with Gasteiger partial charge in [-0.2, -0.15) is 0 Å². The molecule has 3 aliphatic rings. The Bertz CT molecular complexity index is 751. The number of aliphatic hydroxyl groups excluding tert-OH is 2. The summed E-state index contributed by atoms with van der Waals surface area (Å²) in [6.07, 6.45) is -1.09. The number of hydrogen-bond donors (Lipinski definition) is 5. The largest absolute Gasteiger partial charge is 0.392 e. The Balaban J connectivity index is 1.56. The SMILES string of the molecule is CN1CNC(N)C2CCN([C@@H]3O[C@H](Cc4ccc(Cl)cc4CO)[C@@](C)(O)[C@H]3O)C21. The standard InChI is InChI=1S/C20H31ClN4O4/c1-20(28)15(8-11-3-4-13(21)7-12(11)9-26)29-19(16(20)27)25-6-5-14-17(22)23-10-24(2)18(14)25/h3-4,7,14-19,23,26-28H,5-6,8-10,22H2,1-2H3/t14?,15-,16+,17?,18?,19-,20-/m1/s1. The number of nitrogens with zero attached hydrogens (tertiary/aromatic N) is 2. The molecule has 4 rings (SSSR count). The van der Waals surface area contributed by atoms with E-state index in [2.05, 4.69) is 15.1 Å². The van der Waals surface area contributed by atoms with E-state index in [9.17, 15) is 15.3 Å². The molecule has 1 aromatic carbocycles. The van der Waals surface area contributed by atoms with Crippen LogP contribution in [0.15, 0.2) is 18.2 Å². The molecule has 7 atom stereocenters. The fourth-order valence-corrected chi connectivity index (χ4v) is 5.25. The third-order valence-electron chi connectivity index (χ3n) is 6.83. The molecular weight excluding hydrogens is 396 g/mol. The molecule has 3 aliphatic heterocycles. The maximum Gasteiger partial charge on any atom is 0.141 e. The number of halogens is 1. The number of benzene rings is 1. The van der Waals surface area contributed by atoms with Crippen LogP contribution in [0, 0.1) is 5.92 Å². The van der Waals surface area contributed by atoms with Crippen LogP contribution in [0.25, 0.3) is 0 Å². The van der Waals surface area contributed by atoms with Gasteiger partial charge in [0.15, 0.2) is 0 Å². The van der Waals surface area contributed by atoms with Gasteiger partial charge < -0.3 is 25.8 Å². The van der Waals surface area contributed by atoms with Crippen LogP contribution < -0.4 is 11.1 Å². The van der Waals surface area contributed by atoms with Crippen molar-refractivity contribution < 1.29 is 20.1 Å². The minimum Gasteiger partial charge on any atom is -0.392 e. The smallest absolute Gasteiger partial charge is 0.141 e. The first-order chi connectivity index (χ1) is 13.7. The number of aliphatic hydroxyl groups is 3. The zero-order valence-corrected chi connectivity index (χ0v) is 17.6. The highest BCUT2D eigenvalue weighted by Gasteiger charge is 2.57. The zero-order chi connectivity index (χ0) is 20.9. The quantitative estimate of drug-likeness (QED) is 0.443. The monoisotopic (exact) mass is 426 g/mol. The molecule has 3 unspecified atom stereocenters. The summed E-state index contributed by atoms with van der Waals surface area (Å²) >= 11 is 6.03. The molecule has 3 saturated heterocycles. The molecule has 0 aromatic heterocycles. The fraction of sp³-hybridized carbons (Fsp3) is 0.700. The summed E-state index contributed by atoms with van der Waals surface area (Å²) in [5.74, 6) is 0.228. The Morgan fingerprint density at radius 2 is 2.14 bits per heavy atom. The first-order valence-electron chi connectivity index (χ1n) is 10.1. The highest BCUT2D eigenvalue weighted by Crippen LogP contribution is 2.40. The van der Waals surface area contributed by atoms with E-state index >= 15 is 0 Å². The van der Waals surface area contributed by atoms with Gasteiger partial charge in [-0.1, -0.05) is 17.7 Å². The second-order valence-corrected chi connectivity index (χ2v) is 9.15. The summed E-state index contributed by atoms with van der Waals surface area (Å²) in [6, 6.07) is 5.30. The first kappa shape index (κ1) is 21.4. The number of likely N-dealkylation sites (tertiary alicyclic amines) is 1. The summed E-state index contributed by atoms with van der Waals surface area (Å²) in [5, 5.41) is 35.6. The number of rotatable bonds is 4. The minimum atomic E-state index is -1.43. The van der Waals surface area contributed by atoms with E-state index in [0.29, 0.717) is 23.7 Å². The summed E-state index contributed by atoms with van der Waals surface area (Å²) in [5.41, 5.74) is 6.36. The van der Waals surface area contributed by atoms with Crippen molar-refractivity contribution in [1.29, 1.82) is 0 Å². The summed E-state index contributed by atoms with van der Waals surface area (Å²) in [4.78, 5) is 4.29. The lowest BCUT2D eigenvalue weighted by atomic mass is 9.89. The molecule has 3 fully saturated rings. The minimum absolute atomic E-state index is 0.0454. The van der Waals surface area contributed by atoms with E-state index in [4.69, 9.17) is 22.1 Å². The molecule has 0 bridgehead atoms. The van der Waals surface area contributed by atoms with Gasteiger partial charge in [-0.3, -0.25) is 15.1 Å². The molecule has 3 heterocycles. The van der Waals surface area contributed by atoms with Crippen molar-refractivity contribution >= 4 is 11.6 Å². The molecule has 0 amide bonds. The van der Waals surface area contributed by atoms with Crippen LogP contribution >= 0.6 is 11.6 Å². The highest BCUT2D eigenvalue weighted by molar-refractivity contribution is 6.30. The molecule has 0 spiro atoms. The van der Waals surface area contributed by atoms with E-state index in [1.54, 1.807) is 19.1 Å². The van der Waals surface area contributed by atoms with E-state index < -0.39 is 24.0 Å². The van der Waals surface area contributed by atoms with Crippen LogP contribution in [0.2, 0.25) is 5.02 Å². The summed E-state index contributed by atoms with van der Waals surface area (Å²) < 4.78 is 6.26. The van der Waals surface area contributed by atoms with Crippen molar-refractivity contribution in [3.8, 4) is 0 Å². The van der Waals surface area contributed by atoms with Crippen LogP contribution in [0.3, 0.4) is 0 Å². The molecule has 0 radical (unpaired) electrons. The Kier molecular flexibility index (Phi) is 5.93. The van der Waals surface area contributed by atoms with Gasteiger partial charge in [0.25, 0.3) is 0 Å². The second kappa shape index (κ2) is 8.03. The van der Waals surface area contributed by atoms with E-state index in [1.807, 2.05) is 13.1 Å². The topological polar surface area (TPSA) is 114 Å². The normalized spacial score (nSPS) is 41.1. The molecule has 1 aromatic rings. The maximum atomic E-state index is 11.1. The van der Waals surface area contributed by atoms with Crippen molar-refractivity contribution in [1.82, 2.24) is 15.1 Å². The van der Waals surface area contributed by atoms with E-state index in [1.165, 1.54) is 0 Å². The van der Waals surface area contributed by atoms with Crippen molar-refractivity contribution in [2.45, 2.75) is 62.7 Å². The van der Waals surface area contributed by atoms with Gasteiger partial charge in [0.1, 0.15) is 17.9 Å². The third-order valence-corrected chi connectivity index (χ3v) is 7.06. The molecule has 0 aliphatic carbocycles. The number of fused-ring (bicyclic) bond motifs is 1. The fourth-order valence-electron chi connectivity index (χ4n) is 5.06. The Morgan fingerprint density at radius 3 is 2.86 bits per heavy atom. The molecular formula is C20H31ClN4O4. The summed E-state index contributed by atoms with van der Waals surface area (Å²) in [7, 11) is 2.02. The van der Waals surface area contributed by atoms with E-state index in [0.717, 1.165) is 18.5 Å². The van der Waals surface area contributed by atoms with Gasteiger partial charge in [0, 0.05) is 23.9 Å². The molecule has 9 heteroatoms. The first-order valence-corrected chi connectivity index (χ1v) is 10.5. The van der Waals surface area contributed by atoms with Crippen LogP contribution in [-0.2, 0) is 17.8 Å². The lowest BCUT2D eigenvalue weighted by Crippen LogP contribution is -2.65. The molecule has 29 heavy (non-hydrogen) atoms. The highest BCUT2D eigenvalue weighted by atomic mass is 35.5. The van der Waals surface area contributed by atoms with E-state index in [-0.39, 0.29) is 24.9 Å². The Morgan fingerprint density at radius 1 is 1.38 bits per heavy atom. The maximum absolute atomic E-state index is 11.1. The summed E-state index contributed by atoms with van der Waals surface area (Å²) in [6.45, 7) is 2.86. The van der Waals surface area contributed by atoms with Crippen molar-refractivity contribution in [3.63, 3.8) is 0 Å². The van der Waals surface area contributed by atoms with Crippen molar-refractivity contribution in [2.24, 2.45) is 11.7 Å². The van der Waals surface area contributed by atoms with Gasteiger partial charge >= 0.3 is 0 Å². The molecule has 6 N–H and O–H groups in total. The van der Waals surface area contributed by atoms with Crippen LogP contribution in [0.1, 0.15) is 24.5 Å². The number of nitrogens with two attached hydrogens (primary N) is 1. The second-order valence-electron chi connectivity index (χ2n) is 8.71. The predicted octanol–water partition coefficient (Wildman–Crippen LogP) is -0.363. The van der Waals surface area contributed by atoms with Crippen LogP contribution in [0.4, 0.5) is 0 Å². The van der Waals surface area contributed by atoms with Gasteiger partial charge in [-0.05, 0) is 43.7 Å². The van der Waals surface area contributed by atoms with Gasteiger partial charge in [-0.15, -0.1) is 0 Å². The number of ether oxygens (including phenoxy) is 1. The average molecular weight is 427 g/mol. The molecule has 0 saturated carbocycles. The van der Waals surface area contributed by atoms with Gasteiger partial charge in [0.05, 0.1) is 31.7 Å². The zero-order valence-electron chi connectivity index (χ0n) is 16.8. The number of nitrogens with one attached hydrogen (secondary N) is 1. The van der Waals surface area contributed by atoms with Crippen molar-refractivity contribution in [3.05, 3.63) is 34.3 Å². The van der Waals surface area contributed by atoms with Gasteiger partial charge in [-0.25, -0.2) is 0 Å². The Labute approximate surface area is 176 Å². The molecule has 162 valence electrons. The average Bonchev–Trinajstić information content (AvgIpc) is 3.22. The third kappa shape index (κ3) is 3.71.